The number of phenols is 1. The molecule has 1 aromatic carbocycles. The molecule has 0 atom stereocenters. The molecule has 0 aliphatic carbocycles. The van der Waals surface area contributed by atoms with Gasteiger partial charge in [0.25, 0.3) is 5.91 Å². The largest absolute Gasteiger partial charge is 0.507 e. The summed E-state index contributed by atoms with van der Waals surface area (Å²) < 4.78 is 0. The number of hydrogen-bond donors (Lipinski definition) is 3. The summed E-state index contributed by atoms with van der Waals surface area (Å²) in [5.74, 6) is -1.70. The number of nitrogens with two attached hydrogens (primary N) is 2. The van der Waals surface area contributed by atoms with Gasteiger partial charge in [0.15, 0.2) is 0 Å². The Hall–Kier alpha value is -2.04. The van der Waals surface area contributed by atoms with Crippen molar-refractivity contribution < 1.29 is 14.7 Å². The van der Waals surface area contributed by atoms with E-state index < -0.39 is 11.8 Å². The van der Waals surface area contributed by atoms with Crippen LogP contribution < -0.4 is 11.5 Å². The van der Waals surface area contributed by atoms with Crippen molar-refractivity contribution in [2.24, 2.45) is 11.5 Å². The third-order valence-corrected chi connectivity index (χ3v) is 1.96. The molecule has 1 aromatic rings. The Morgan fingerprint density at radius 3 is 2.00 bits per heavy atom. The zero-order valence-corrected chi connectivity index (χ0v) is 7.57. The Labute approximate surface area is 80.3 Å². The van der Waals surface area contributed by atoms with Crippen LogP contribution in [0.2, 0.25) is 0 Å². The molecule has 2 amide bonds. The van der Waals surface area contributed by atoms with Gasteiger partial charge in [-0.05, 0) is 19.1 Å². The van der Waals surface area contributed by atoms with E-state index in [1.807, 2.05) is 0 Å². The third-order valence-electron chi connectivity index (χ3n) is 1.96. The van der Waals surface area contributed by atoms with Gasteiger partial charge < -0.3 is 16.6 Å². The minimum absolute atomic E-state index is 0.0208. The van der Waals surface area contributed by atoms with E-state index in [1.54, 1.807) is 0 Å². The molecule has 5 N–H and O–H groups in total. The van der Waals surface area contributed by atoms with Gasteiger partial charge in [-0.2, -0.15) is 0 Å². The molecule has 0 heterocycles. The predicted molar refractivity (Wildman–Crippen MR) is 49.9 cm³/mol. The summed E-state index contributed by atoms with van der Waals surface area (Å²) in [5, 5.41) is 9.49. The first-order valence-corrected chi connectivity index (χ1v) is 3.87. The second kappa shape index (κ2) is 3.37. The first kappa shape index (κ1) is 10.0. The van der Waals surface area contributed by atoms with Gasteiger partial charge in [-0.15, -0.1) is 0 Å². The van der Waals surface area contributed by atoms with Crippen LogP contribution >= 0.6 is 0 Å². The van der Waals surface area contributed by atoms with Crippen LogP contribution in [0, 0.1) is 6.92 Å². The third kappa shape index (κ3) is 1.52. The van der Waals surface area contributed by atoms with Crippen LogP contribution in [-0.2, 0) is 0 Å². The maximum absolute atomic E-state index is 10.9. The fourth-order valence-electron chi connectivity index (χ4n) is 1.17. The number of carbonyl (C=O) groups excluding carboxylic acids is 2. The quantitative estimate of drug-likeness (QED) is 0.611. The van der Waals surface area contributed by atoms with Gasteiger partial charge in [-0.1, -0.05) is 0 Å². The van der Waals surface area contributed by atoms with Gasteiger partial charge in [-0.25, -0.2) is 0 Å². The van der Waals surface area contributed by atoms with Crippen LogP contribution in [0.4, 0.5) is 0 Å². The van der Waals surface area contributed by atoms with Gasteiger partial charge in [0.05, 0.1) is 5.56 Å². The average Bonchev–Trinajstić information content (AvgIpc) is 2.08. The van der Waals surface area contributed by atoms with Crippen molar-refractivity contribution in [1.82, 2.24) is 0 Å². The van der Waals surface area contributed by atoms with E-state index in [4.69, 9.17) is 11.5 Å². The van der Waals surface area contributed by atoms with Crippen molar-refractivity contribution in [3.05, 3.63) is 28.8 Å². The van der Waals surface area contributed by atoms with E-state index in [1.165, 1.54) is 19.1 Å². The number of amides is 2. The smallest absolute Gasteiger partial charge is 0.252 e. The SMILES string of the molecule is Cc1c(C(N)=O)ccc(C(N)=O)c1O. The molecule has 0 saturated heterocycles. The van der Waals surface area contributed by atoms with Gasteiger partial charge in [0.1, 0.15) is 5.75 Å². The normalized spacial score (nSPS) is 9.79. The Morgan fingerprint density at radius 2 is 1.57 bits per heavy atom. The molecule has 0 aliphatic heterocycles. The summed E-state index contributed by atoms with van der Waals surface area (Å²) in [5.41, 5.74) is 10.4. The predicted octanol–water partition coefficient (Wildman–Crippen LogP) is -0.102. The molecular weight excluding hydrogens is 184 g/mol. The standard InChI is InChI=1S/C9H10N2O3/c1-4-5(8(10)13)2-3-6(7(4)12)9(11)14/h2-3,12H,1H3,(H2,10,13)(H2,11,14). The molecule has 0 saturated carbocycles. The number of hydrogen-bond acceptors (Lipinski definition) is 3. The second-order valence-electron chi connectivity index (χ2n) is 2.86. The average molecular weight is 194 g/mol. The molecule has 74 valence electrons. The summed E-state index contributed by atoms with van der Waals surface area (Å²) in [6, 6.07) is 2.63. The summed E-state index contributed by atoms with van der Waals surface area (Å²) in [4.78, 5) is 21.7. The van der Waals surface area contributed by atoms with E-state index in [9.17, 15) is 14.7 Å². The van der Waals surface area contributed by atoms with Gasteiger partial charge in [-0.3, -0.25) is 9.59 Å². The van der Waals surface area contributed by atoms with Crippen LogP contribution in [0.5, 0.6) is 5.75 Å². The Balaban J connectivity index is 3.41. The van der Waals surface area contributed by atoms with Crippen LogP contribution in [0.15, 0.2) is 12.1 Å². The molecule has 5 nitrogen and oxygen atoms in total. The fraction of sp³-hybridized carbons (Fsp3) is 0.111. The highest BCUT2D eigenvalue weighted by atomic mass is 16.3. The molecule has 1 rings (SSSR count). The molecule has 0 fully saturated rings. The van der Waals surface area contributed by atoms with Gasteiger partial charge >= 0.3 is 0 Å². The Kier molecular flexibility index (Phi) is 2.42. The highest BCUT2D eigenvalue weighted by Gasteiger charge is 2.14. The van der Waals surface area contributed by atoms with Crippen molar-refractivity contribution in [2.75, 3.05) is 0 Å². The lowest BCUT2D eigenvalue weighted by Crippen LogP contribution is -2.16. The van der Waals surface area contributed by atoms with E-state index in [0.29, 0.717) is 0 Å². The Morgan fingerprint density at radius 1 is 1.14 bits per heavy atom. The zero-order valence-electron chi connectivity index (χ0n) is 7.57. The lowest BCUT2D eigenvalue weighted by molar-refractivity contribution is 0.0985. The fourth-order valence-corrected chi connectivity index (χ4v) is 1.17. The number of aromatic hydroxyl groups is 1. The molecule has 0 aromatic heterocycles. The lowest BCUT2D eigenvalue weighted by atomic mass is 10.0. The second-order valence-corrected chi connectivity index (χ2v) is 2.86. The van der Waals surface area contributed by atoms with E-state index >= 15 is 0 Å². The molecule has 5 heteroatoms. The van der Waals surface area contributed by atoms with E-state index in [2.05, 4.69) is 0 Å². The van der Waals surface area contributed by atoms with Crippen LogP contribution in [0.3, 0.4) is 0 Å². The summed E-state index contributed by atoms with van der Waals surface area (Å²) in [6.45, 7) is 1.49. The highest BCUT2D eigenvalue weighted by molar-refractivity contribution is 6.00. The topological polar surface area (TPSA) is 106 Å². The summed E-state index contributed by atoms with van der Waals surface area (Å²) in [7, 11) is 0. The summed E-state index contributed by atoms with van der Waals surface area (Å²) in [6.07, 6.45) is 0. The number of carbonyl (C=O) groups is 2. The van der Waals surface area contributed by atoms with Crippen molar-refractivity contribution in [2.45, 2.75) is 6.92 Å². The van der Waals surface area contributed by atoms with Gasteiger partial charge in [0, 0.05) is 11.1 Å². The molecule has 0 spiro atoms. The van der Waals surface area contributed by atoms with Crippen LogP contribution in [0.25, 0.3) is 0 Å². The van der Waals surface area contributed by atoms with Crippen molar-refractivity contribution in [3.63, 3.8) is 0 Å². The van der Waals surface area contributed by atoms with Crippen LogP contribution in [-0.4, -0.2) is 16.9 Å². The Bertz CT molecular complexity index is 374. The molecule has 0 unspecified atom stereocenters. The van der Waals surface area contributed by atoms with E-state index in [0.717, 1.165) is 0 Å². The first-order chi connectivity index (χ1) is 6.45. The molecule has 0 bridgehead atoms. The number of primary amides is 2. The molecular formula is C9H10N2O3. The van der Waals surface area contributed by atoms with Crippen molar-refractivity contribution in [1.29, 1.82) is 0 Å². The van der Waals surface area contributed by atoms with E-state index in [-0.39, 0.29) is 22.4 Å². The maximum atomic E-state index is 10.9. The number of rotatable bonds is 2. The first-order valence-electron chi connectivity index (χ1n) is 3.87. The molecule has 14 heavy (non-hydrogen) atoms. The minimum atomic E-state index is -0.748. The zero-order chi connectivity index (χ0) is 10.9. The van der Waals surface area contributed by atoms with Crippen molar-refractivity contribution >= 4 is 11.8 Å². The number of benzene rings is 1. The minimum Gasteiger partial charge on any atom is -0.507 e. The highest BCUT2D eigenvalue weighted by Crippen LogP contribution is 2.24. The van der Waals surface area contributed by atoms with Gasteiger partial charge in [0.2, 0.25) is 5.91 Å². The lowest BCUT2D eigenvalue weighted by Gasteiger charge is -2.07. The summed E-state index contributed by atoms with van der Waals surface area (Å²) >= 11 is 0. The monoisotopic (exact) mass is 194 g/mol. The molecule has 0 radical (unpaired) electrons. The maximum Gasteiger partial charge on any atom is 0.252 e. The molecule has 0 aliphatic rings. The van der Waals surface area contributed by atoms with Crippen molar-refractivity contribution in [3.8, 4) is 5.75 Å². The van der Waals surface area contributed by atoms with Crippen LogP contribution in [0.1, 0.15) is 26.3 Å².